The van der Waals surface area contributed by atoms with Crippen LogP contribution in [0.1, 0.15) is 36.4 Å². The van der Waals surface area contributed by atoms with Gasteiger partial charge in [0.25, 0.3) is 0 Å². The molecule has 0 unspecified atom stereocenters. The maximum Gasteiger partial charge on any atom is 0.124 e. The highest BCUT2D eigenvalue weighted by Crippen LogP contribution is 2.44. The minimum absolute atomic E-state index is 0. The average Bonchev–Trinajstić information content (AvgIpc) is 2.39. The topological polar surface area (TPSA) is 35.5 Å². The second-order valence-electron chi connectivity index (χ2n) is 6.08. The van der Waals surface area contributed by atoms with Gasteiger partial charge in [0.15, 0.2) is 0 Å². The summed E-state index contributed by atoms with van der Waals surface area (Å²) in [6.07, 6.45) is 3.62. The molecule has 2 N–H and O–H groups in total. The number of phenols is 1. The third-order valence-electron chi connectivity index (χ3n) is 4.75. The maximum absolute atomic E-state index is 13.8. The molecule has 0 radical (unpaired) electrons. The van der Waals surface area contributed by atoms with Crippen LogP contribution in [0.5, 0.6) is 5.75 Å². The van der Waals surface area contributed by atoms with Crippen molar-refractivity contribution >= 4 is 12.4 Å². The molecule has 1 saturated carbocycles. The van der Waals surface area contributed by atoms with Crippen molar-refractivity contribution in [3.05, 3.63) is 29.1 Å². The first-order chi connectivity index (χ1) is 9.66. The fraction of sp³-hybridized carbons (Fsp3) is 0.625. The largest absolute Gasteiger partial charge is 0.507 e. The van der Waals surface area contributed by atoms with Crippen molar-refractivity contribution in [1.82, 2.24) is 10.2 Å². The summed E-state index contributed by atoms with van der Waals surface area (Å²) < 4.78 is 13.8. The molecule has 1 atom stereocenters. The predicted molar refractivity (Wildman–Crippen MR) is 84.6 cm³/mol. The third-order valence-corrected chi connectivity index (χ3v) is 4.75. The highest BCUT2D eigenvalue weighted by atomic mass is 35.5. The zero-order chi connectivity index (χ0) is 14.1. The van der Waals surface area contributed by atoms with E-state index in [0.29, 0.717) is 11.5 Å². The van der Waals surface area contributed by atoms with Crippen LogP contribution in [0.15, 0.2) is 12.1 Å². The Bertz CT molecular complexity index is 487. The van der Waals surface area contributed by atoms with Crippen molar-refractivity contribution in [2.24, 2.45) is 5.92 Å². The molecule has 0 aromatic heterocycles. The molecule has 2 fully saturated rings. The molecule has 1 aliphatic heterocycles. The van der Waals surface area contributed by atoms with Crippen LogP contribution in [-0.4, -0.2) is 36.2 Å². The van der Waals surface area contributed by atoms with E-state index in [-0.39, 0.29) is 30.0 Å². The number of benzene rings is 1. The lowest BCUT2D eigenvalue weighted by atomic mass is 9.75. The molecular weight excluding hydrogens is 291 g/mol. The summed E-state index contributed by atoms with van der Waals surface area (Å²) in [4.78, 5) is 2.41. The summed E-state index contributed by atoms with van der Waals surface area (Å²) in [5.74, 6) is 0.594. The summed E-state index contributed by atoms with van der Waals surface area (Å²) in [7, 11) is 0. The molecule has 1 saturated heterocycles. The van der Waals surface area contributed by atoms with Crippen LogP contribution in [0, 0.1) is 18.7 Å². The Balaban J connectivity index is 0.00000161. The third kappa shape index (κ3) is 3.33. The van der Waals surface area contributed by atoms with Crippen LogP contribution >= 0.6 is 12.4 Å². The van der Waals surface area contributed by atoms with Gasteiger partial charge in [0.2, 0.25) is 0 Å². The normalized spacial score (nSPS) is 21.4. The number of rotatable bonds is 3. The Morgan fingerprint density at radius 3 is 2.52 bits per heavy atom. The van der Waals surface area contributed by atoms with Crippen molar-refractivity contribution < 1.29 is 9.50 Å². The van der Waals surface area contributed by atoms with Crippen LogP contribution in [0.3, 0.4) is 0 Å². The van der Waals surface area contributed by atoms with E-state index in [1.54, 1.807) is 6.92 Å². The fourth-order valence-electron chi connectivity index (χ4n) is 3.45. The van der Waals surface area contributed by atoms with E-state index >= 15 is 0 Å². The van der Waals surface area contributed by atoms with E-state index in [2.05, 4.69) is 10.2 Å². The summed E-state index contributed by atoms with van der Waals surface area (Å²) in [6.45, 7) is 5.65. The fourth-order valence-corrected chi connectivity index (χ4v) is 3.45. The Labute approximate surface area is 131 Å². The van der Waals surface area contributed by atoms with Crippen molar-refractivity contribution in [2.45, 2.75) is 32.2 Å². The van der Waals surface area contributed by atoms with Gasteiger partial charge in [-0.15, -0.1) is 12.4 Å². The van der Waals surface area contributed by atoms with Gasteiger partial charge in [0.1, 0.15) is 11.6 Å². The lowest BCUT2D eigenvalue weighted by Gasteiger charge is -2.43. The number of hydrogen-bond donors (Lipinski definition) is 2. The minimum atomic E-state index is -0.241. The first-order valence-electron chi connectivity index (χ1n) is 7.60. The maximum atomic E-state index is 13.8. The Morgan fingerprint density at radius 1 is 1.29 bits per heavy atom. The van der Waals surface area contributed by atoms with Gasteiger partial charge in [-0.05, 0) is 43.4 Å². The number of halogens is 2. The van der Waals surface area contributed by atoms with Gasteiger partial charge in [0.05, 0.1) is 0 Å². The summed E-state index contributed by atoms with van der Waals surface area (Å²) in [5, 5.41) is 13.7. The molecule has 3 nitrogen and oxygen atoms in total. The van der Waals surface area contributed by atoms with E-state index in [4.69, 9.17) is 0 Å². The number of phenolic OH excluding ortho intramolecular Hbond substituents is 1. The van der Waals surface area contributed by atoms with Crippen molar-refractivity contribution in [3.8, 4) is 5.75 Å². The first kappa shape index (κ1) is 16.5. The molecule has 118 valence electrons. The molecule has 0 amide bonds. The SMILES string of the molecule is Cc1cc(F)cc([C@@H](C2CCC2)N2CCNCC2)c1O.Cl. The molecule has 5 heteroatoms. The number of nitrogens with zero attached hydrogens (tertiary/aromatic N) is 1. The molecule has 1 aromatic carbocycles. The molecule has 0 spiro atoms. The minimum Gasteiger partial charge on any atom is -0.507 e. The van der Waals surface area contributed by atoms with Crippen LogP contribution in [-0.2, 0) is 0 Å². The molecule has 1 aliphatic carbocycles. The highest BCUT2D eigenvalue weighted by molar-refractivity contribution is 5.85. The molecule has 1 heterocycles. The van der Waals surface area contributed by atoms with E-state index in [0.717, 1.165) is 31.7 Å². The van der Waals surface area contributed by atoms with Crippen molar-refractivity contribution in [3.63, 3.8) is 0 Å². The quantitative estimate of drug-likeness (QED) is 0.900. The van der Waals surface area contributed by atoms with Gasteiger partial charge in [-0.25, -0.2) is 4.39 Å². The van der Waals surface area contributed by atoms with Crippen molar-refractivity contribution in [2.75, 3.05) is 26.2 Å². The Kier molecular flexibility index (Phi) is 5.47. The second-order valence-corrected chi connectivity index (χ2v) is 6.08. The molecular formula is C16H24ClFN2O. The zero-order valence-electron chi connectivity index (χ0n) is 12.4. The van der Waals surface area contributed by atoms with Crippen LogP contribution < -0.4 is 5.32 Å². The van der Waals surface area contributed by atoms with Gasteiger partial charge >= 0.3 is 0 Å². The lowest BCUT2D eigenvalue weighted by molar-refractivity contribution is 0.0816. The van der Waals surface area contributed by atoms with E-state index in [1.165, 1.54) is 31.4 Å². The summed E-state index contributed by atoms with van der Waals surface area (Å²) >= 11 is 0. The summed E-state index contributed by atoms with van der Waals surface area (Å²) in [6, 6.07) is 3.11. The second kappa shape index (κ2) is 6.95. The molecule has 21 heavy (non-hydrogen) atoms. The van der Waals surface area contributed by atoms with Gasteiger partial charge in [-0.3, -0.25) is 4.90 Å². The number of aryl methyl sites for hydroxylation is 1. The molecule has 1 aromatic rings. The van der Waals surface area contributed by atoms with Gasteiger partial charge in [-0.1, -0.05) is 6.42 Å². The lowest BCUT2D eigenvalue weighted by Crippen LogP contribution is -2.47. The van der Waals surface area contributed by atoms with Gasteiger partial charge in [0, 0.05) is 37.8 Å². The van der Waals surface area contributed by atoms with E-state index < -0.39 is 0 Å². The van der Waals surface area contributed by atoms with Crippen LogP contribution in [0.25, 0.3) is 0 Å². The Morgan fingerprint density at radius 2 is 1.95 bits per heavy atom. The zero-order valence-corrected chi connectivity index (χ0v) is 13.3. The van der Waals surface area contributed by atoms with Gasteiger partial charge < -0.3 is 10.4 Å². The van der Waals surface area contributed by atoms with Crippen LogP contribution in [0.4, 0.5) is 4.39 Å². The van der Waals surface area contributed by atoms with Crippen molar-refractivity contribution in [1.29, 1.82) is 0 Å². The molecule has 2 aliphatic rings. The van der Waals surface area contributed by atoms with Gasteiger partial charge in [-0.2, -0.15) is 0 Å². The molecule has 3 rings (SSSR count). The number of piperazine rings is 1. The monoisotopic (exact) mass is 314 g/mol. The number of nitrogens with one attached hydrogen (secondary N) is 1. The van der Waals surface area contributed by atoms with E-state index in [1.807, 2.05) is 0 Å². The standard InChI is InChI=1S/C16H23FN2O.ClH/c1-11-9-13(17)10-14(16(11)20)15(12-3-2-4-12)19-7-5-18-6-8-19;/h9-10,12,15,18,20H,2-8H2,1H3;1H/t15-;/m1./s1. The number of hydrogen-bond acceptors (Lipinski definition) is 3. The predicted octanol–water partition coefficient (Wildman–Crippen LogP) is 3.01. The molecule has 0 bridgehead atoms. The summed E-state index contributed by atoms with van der Waals surface area (Å²) in [5.41, 5.74) is 1.42. The van der Waals surface area contributed by atoms with Crippen LogP contribution in [0.2, 0.25) is 0 Å². The first-order valence-corrected chi connectivity index (χ1v) is 7.60. The number of aromatic hydroxyl groups is 1. The smallest absolute Gasteiger partial charge is 0.124 e. The average molecular weight is 315 g/mol. The Hall–Kier alpha value is -0.840. The highest BCUT2D eigenvalue weighted by Gasteiger charge is 2.35. The van der Waals surface area contributed by atoms with E-state index in [9.17, 15) is 9.50 Å².